The van der Waals surface area contributed by atoms with E-state index in [1.54, 1.807) is 0 Å². The summed E-state index contributed by atoms with van der Waals surface area (Å²) in [6.07, 6.45) is 0. The number of nitrogens with zero attached hydrogens (tertiary/aromatic N) is 3. The van der Waals surface area contributed by atoms with Gasteiger partial charge in [-0.15, -0.1) is 11.3 Å². The minimum Gasteiger partial charge on any atom is -0.336 e. The van der Waals surface area contributed by atoms with Crippen molar-refractivity contribution in [3.8, 4) is 0 Å². The van der Waals surface area contributed by atoms with E-state index < -0.39 is 20.9 Å². The van der Waals surface area contributed by atoms with E-state index in [-0.39, 0.29) is 46.7 Å². The summed E-state index contributed by atoms with van der Waals surface area (Å²) >= 11 is 12.8. The summed E-state index contributed by atoms with van der Waals surface area (Å²) in [4.78, 5) is 24.3. The molecule has 0 atom stereocenters. The first-order valence-electron chi connectivity index (χ1n) is 7.69. The number of hydrogen-bond donors (Lipinski definition) is 0. The van der Waals surface area contributed by atoms with Crippen molar-refractivity contribution in [2.24, 2.45) is 0 Å². The van der Waals surface area contributed by atoms with Crippen molar-refractivity contribution >= 4 is 56.2 Å². The van der Waals surface area contributed by atoms with Crippen LogP contribution < -0.4 is 0 Å². The number of piperazine rings is 1. The molecule has 0 bridgehead atoms. The summed E-state index contributed by atoms with van der Waals surface area (Å²) in [6, 6.07) is 6.61. The molecule has 0 aliphatic carbocycles. The number of halogens is 2. The van der Waals surface area contributed by atoms with Gasteiger partial charge in [-0.3, -0.25) is 14.9 Å². The highest BCUT2D eigenvalue weighted by Crippen LogP contribution is 2.29. The average molecular weight is 450 g/mol. The van der Waals surface area contributed by atoms with Gasteiger partial charge in [-0.1, -0.05) is 23.2 Å². The van der Waals surface area contributed by atoms with E-state index in [1.807, 2.05) is 0 Å². The van der Waals surface area contributed by atoms with Crippen LogP contribution in [0.3, 0.4) is 0 Å². The Hall–Kier alpha value is -1.72. The summed E-state index contributed by atoms with van der Waals surface area (Å²) < 4.78 is 27.0. The van der Waals surface area contributed by atoms with Crippen molar-refractivity contribution in [3.63, 3.8) is 0 Å². The third-order valence-electron chi connectivity index (χ3n) is 4.06. The molecule has 1 amide bonds. The van der Waals surface area contributed by atoms with E-state index in [4.69, 9.17) is 23.2 Å². The van der Waals surface area contributed by atoms with E-state index in [0.717, 1.165) is 17.4 Å². The van der Waals surface area contributed by atoms with Crippen LogP contribution in [0.5, 0.6) is 0 Å². The van der Waals surface area contributed by atoms with Crippen LogP contribution in [0.25, 0.3) is 0 Å². The van der Waals surface area contributed by atoms with E-state index in [1.165, 1.54) is 33.5 Å². The van der Waals surface area contributed by atoms with Crippen LogP contribution in [0.2, 0.25) is 9.36 Å². The molecule has 144 valence electrons. The van der Waals surface area contributed by atoms with Crippen LogP contribution in [-0.2, 0) is 10.0 Å². The van der Waals surface area contributed by atoms with Crippen molar-refractivity contribution in [1.82, 2.24) is 9.21 Å². The largest absolute Gasteiger partial charge is 0.336 e. The molecule has 8 nitrogen and oxygen atoms in total. The third-order valence-corrected chi connectivity index (χ3v) is 7.97. The van der Waals surface area contributed by atoms with E-state index >= 15 is 0 Å². The average Bonchev–Trinajstić information content (AvgIpc) is 3.08. The molecule has 0 saturated carbocycles. The molecule has 0 unspecified atom stereocenters. The van der Waals surface area contributed by atoms with Crippen LogP contribution in [0.4, 0.5) is 5.69 Å². The number of sulfonamides is 1. The number of carbonyl (C=O) groups excluding carboxylic acids is 1. The minimum absolute atomic E-state index is 0.0162. The van der Waals surface area contributed by atoms with Crippen molar-refractivity contribution in [2.75, 3.05) is 26.2 Å². The number of rotatable bonds is 4. The number of hydrogen-bond acceptors (Lipinski definition) is 6. The van der Waals surface area contributed by atoms with Gasteiger partial charge in [0.05, 0.1) is 19.8 Å². The second-order valence-electron chi connectivity index (χ2n) is 5.68. The number of thiophene rings is 1. The number of nitro benzene ring substituents is 1. The minimum atomic E-state index is -3.65. The Morgan fingerprint density at radius 3 is 2.30 bits per heavy atom. The molecule has 0 radical (unpaired) electrons. The molecule has 0 N–H and O–H groups in total. The molecule has 0 spiro atoms. The van der Waals surface area contributed by atoms with Crippen LogP contribution >= 0.6 is 34.5 Å². The second-order valence-corrected chi connectivity index (χ2v) is 9.96. The van der Waals surface area contributed by atoms with Gasteiger partial charge in [-0.2, -0.15) is 4.31 Å². The van der Waals surface area contributed by atoms with Crippen molar-refractivity contribution < 1.29 is 18.1 Å². The lowest BCUT2D eigenvalue weighted by Crippen LogP contribution is -2.50. The maximum Gasteiger partial charge on any atom is 0.270 e. The first-order chi connectivity index (χ1) is 12.7. The normalized spacial score (nSPS) is 15.7. The maximum absolute atomic E-state index is 12.6. The predicted octanol–water partition coefficient (Wildman–Crippen LogP) is 3.11. The number of benzene rings is 1. The molecule has 27 heavy (non-hydrogen) atoms. The fraction of sp³-hybridized carbons (Fsp3) is 0.267. The Morgan fingerprint density at radius 2 is 1.78 bits per heavy atom. The first kappa shape index (κ1) is 20.0. The Kier molecular flexibility index (Phi) is 5.73. The van der Waals surface area contributed by atoms with Gasteiger partial charge in [0.1, 0.15) is 4.21 Å². The van der Waals surface area contributed by atoms with Gasteiger partial charge >= 0.3 is 0 Å². The van der Waals surface area contributed by atoms with Crippen LogP contribution in [0.1, 0.15) is 10.4 Å². The Balaban J connectivity index is 1.70. The molecule has 1 aliphatic heterocycles. The third kappa shape index (κ3) is 4.09. The van der Waals surface area contributed by atoms with Crippen LogP contribution in [0.15, 0.2) is 34.5 Å². The molecule has 12 heteroatoms. The smallest absolute Gasteiger partial charge is 0.270 e. The number of nitro groups is 1. The summed E-state index contributed by atoms with van der Waals surface area (Å²) in [5.74, 6) is -0.397. The van der Waals surface area contributed by atoms with Gasteiger partial charge in [0.15, 0.2) is 0 Å². The monoisotopic (exact) mass is 449 g/mol. The molecule has 3 rings (SSSR count). The molecule has 1 aliphatic rings. The summed E-state index contributed by atoms with van der Waals surface area (Å²) in [5.41, 5.74) is -0.0642. The number of non-ortho nitro benzene ring substituents is 1. The molecule has 2 aromatic rings. The lowest BCUT2D eigenvalue weighted by molar-refractivity contribution is -0.384. The van der Waals surface area contributed by atoms with Crippen LogP contribution in [-0.4, -0.2) is 54.6 Å². The van der Waals surface area contributed by atoms with Gasteiger partial charge < -0.3 is 4.90 Å². The van der Waals surface area contributed by atoms with Gasteiger partial charge in [0.2, 0.25) is 0 Å². The quantitative estimate of drug-likeness (QED) is 0.526. The maximum atomic E-state index is 12.6. The van der Waals surface area contributed by atoms with E-state index in [0.29, 0.717) is 4.34 Å². The number of amides is 1. The Labute approximate surface area is 169 Å². The highest BCUT2D eigenvalue weighted by atomic mass is 35.5. The second kappa shape index (κ2) is 7.72. The SMILES string of the molecule is O=C(c1ccc([N+](=O)[O-])cc1Cl)N1CCN(S(=O)(=O)c2ccc(Cl)s2)CC1. The zero-order valence-electron chi connectivity index (χ0n) is 13.7. The predicted molar refractivity (Wildman–Crippen MR) is 102 cm³/mol. The summed E-state index contributed by atoms with van der Waals surface area (Å²) in [7, 11) is -3.65. The zero-order valence-corrected chi connectivity index (χ0v) is 16.8. The molecule has 1 fully saturated rings. The fourth-order valence-electron chi connectivity index (χ4n) is 2.66. The fourth-order valence-corrected chi connectivity index (χ4v) is 5.97. The van der Waals surface area contributed by atoms with Crippen molar-refractivity contribution in [1.29, 1.82) is 0 Å². The molecule has 2 heterocycles. The van der Waals surface area contributed by atoms with E-state index in [2.05, 4.69) is 0 Å². The number of carbonyl (C=O) groups is 1. The van der Waals surface area contributed by atoms with Crippen LogP contribution in [0, 0.1) is 10.1 Å². The molecular weight excluding hydrogens is 437 g/mol. The lowest BCUT2D eigenvalue weighted by atomic mass is 10.1. The van der Waals surface area contributed by atoms with Crippen molar-refractivity contribution in [3.05, 3.63) is 55.4 Å². The highest BCUT2D eigenvalue weighted by Gasteiger charge is 2.32. The molecule has 1 saturated heterocycles. The standard InChI is InChI=1S/C15H13Cl2N3O5S2/c16-12-9-10(20(22)23)1-2-11(12)15(21)18-5-7-19(8-6-18)27(24,25)14-4-3-13(17)26-14/h1-4,9H,5-8H2. The highest BCUT2D eigenvalue weighted by molar-refractivity contribution is 7.91. The molecule has 1 aromatic heterocycles. The van der Waals surface area contributed by atoms with Gasteiger partial charge in [-0.05, 0) is 18.2 Å². The Morgan fingerprint density at radius 1 is 1.11 bits per heavy atom. The molecule has 1 aromatic carbocycles. The van der Waals surface area contributed by atoms with Gasteiger partial charge in [0, 0.05) is 38.3 Å². The van der Waals surface area contributed by atoms with E-state index in [9.17, 15) is 23.3 Å². The summed E-state index contributed by atoms with van der Waals surface area (Å²) in [6.45, 7) is 0.636. The van der Waals surface area contributed by atoms with Crippen molar-refractivity contribution in [2.45, 2.75) is 4.21 Å². The van der Waals surface area contributed by atoms with Gasteiger partial charge in [0.25, 0.3) is 21.6 Å². The Bertz CT molecular complexity index is 1000. The molecular formula is C15H13Cl2N3O5S2. The summed E-state index contributed by atoms with van der Waals surface area (Å²) in [5, 5.41) is 10.8. The topological polar surface area (TPSA) is 101 Å². The zero-order chi connectivity index (χ0) is 19.8. The lowest BCUT2D eigenvalue weighted by Gasteiger charge is -2.33. The first-order valence-corrected chi connectivity index (χ1v) is 10.7. The van der Waals surface area contributed by atoms with Gasteiger partial charge in [-0.25, -0.2) is 8.42 Å².